The fourth-order valence-electron chi connectivity index (χ4n) is 4.48. The summed E-state index contributed by atoms with van der Waals surface area (Å²) >= 11 is 0. The molecular formula is C25H33N5O3. The van der Waals surface area contributed by atoms with Crippen LogP contribution in [0.1, 0.15) is 32.5 Å². The first-order chi connectivity index (χ1) is 15.9. The van der Waals surface area contributed by atoms with Crippen LogP contribution in [0.5, 0.6) is 11.5 Å². The van der Waals surface area contributed by atoms with E-state index in [0.717, 1.165) is 48.2 Å². The number of anilines is 1. The zero-order valence-corrected chi connectivity index (χ0v) is 19.9. The quantitative estimate of drug-likeness (QED) is 0.647. The minimum atomic E-state index is -0.0938. The highest BCUT2D eigenvalue weighted by molar-refractivity contribution is 5.94. The summed E-state index contributed by atoms with van der Waals surface area (Å²) in [4.78, 5) is 26.0. The van der Waals surface area contributed by atoms with Crippen LogP contribution in [-0.2, 0) is 4.79 Å². The number of methoxy groups -OCH3 is 2. The molecule has 0 radical (unpaired) electrons. The number of nitrogens with zero attached hydrogens (tertiary/aromatic N) is 4. The maximum Gasteiger partial charge on any atom is 0.246 e. The highest BCUT2D eigenvalue weighted by Crippen LogP contribution is 2.35. The molecular weight excluding hydrogens is 418 g/mol. The number of hydrogen-bond donors (Lipinski definition) is 1. The van der Waals surface area contributed by atoms with Gasteiger partial charge in [0.1, 0.15) is 5.82 Å². The van der Waals surface area contributed by atoms with E-state index in [1.54, 1.807) is 19.1 Å². The molecule has 1 N–H and O–H groups in total. The van der Waals surface area contributed by atoms with Crippen molar-refractivity contribution in [2.45, 2.75) is 38.8 Å². The number of carbonyl (C=O) groups excluding carboxylic acids is 1. The number of likely N-dealkylation sites (tertiary alicyclic amines) is 1. The van der Waals surface area contributed by atoms with Crippen molar-refractivity contribution >= 4 is 28.2 Å². The maximum atomic E-state index is 12.0. The number of carbonyl (C=O) groups is 1. The van der Waals surface area contributed by atoms with E-state index in [1.807, 2.05) is 18.2 Å². The summed E-state index contributed by atoms with van der Waals surface area (Å²) in [6, 6.07) is 4.70. The Morgan fingerprint density at radius 2 is 1.88 bits per heavy atom. The molecule has 1 amide bonds. The minimum absolute atomic E-state index is 0.0938. The second-order valence-electron chi connectivity index (χ2n) is 8.82. The Morgan fingerprint density at radius 3 is 2.52 bits per heavy atom. The first-order valence-electron chi connectivity index (χ1n) is 11.5. The Kier molecular flexibility index (Phi) is 6.83. The van der Waals surface area contributed by atoms with E-state index >= 15 is 0 Å². The number of hydrogen-bond acceptors (Lipinski definition) is 7. The van der Waals surface area contributed by atoms with E-state index in [4.69, 9.17) is 19.4 Å². The topological polar surface area (TPSA) is 79.8 Å². The van der Waals surface area contributed by atoms with Gasteiger partial charge in [0, 0.05) is 55.3 Å². The fraction of sp³-hybridized carbons (Fsp3) is 0.480. The van der Waals surface area contributed by atoms with Crippen molar-refractivity contribution < 1.29 is 14.3 Å². The summed E-state index contributed by atoms with van der Waals surface area (Å²) in [6.07, 6.45) is 5.45. The highest BCUT2D eigenvalue weighted by atomic mass is 16.5. The molecule has 3 heterocycles. The molecule has 8 nitrogen and oxygen atoms in total. The van der Waals surface area contributed by atoms with E-state index < -0.39 is 0 Å². The lowest BCUT2D eigenvalue weighted by atomic mass is 10.0. The SMILES string of the molecule is C=CC(=O)N1CC=C(c2nc(NC3CCN(C(C)C)CC3)c3cc(OC)c(OC)cc3n2)C1. The average molecular weight is 452 g/mol. The molecule has 176 valence electrons. The van der Waals surface area contributed by atoms with Crippen molar-refractivity contribution in [3.05, 3.63) is 36.7 Å². The molecule has 0 unspecified atom stereocenters. The molecule has 33 heavy (non-hydrogen) atoms. The van der Waals surface area contributed by atoms with Gasteiger partial charge >= 0.3 is 0 Å². The lowest BCUT2D eigenvalue weighted by molar-refractivity contribution is -0.124. The predicted octanol–water partition coefficient (Wildman–Crippen LogP) is 3.34. The largest absolute Gasteiger partial charge is 0.493 e. The lowest BCUT2D eigenvalue weighted by Gasteiger charge is -2.35. The van der Waals surface area contributed by atoms with E-state index in [2.05, 4.69) is 30.6 Å². The zero-order chi connectivity index (χ0) is 23.5. The predicted molar refractivity (Wildman–Crippen MR) is 131 cm³/mol. The lowest BCUT2D eigenvalue weighted by Crippen LogP contribution is -2.42. The van der Waals surface area contributed by atoms with Gasteiger partial charge in [-0.2, -0.15) is 0 Å². The van der Waals surface area contributed by atoms with Crippen LogP contribution in [0.15, 0.2) is 30.9 Å². The first-order valence-corrected chi connectivity index (χ1v) is 11.5. The number of rotatable bonds is 7. The molecule has 0 saturated carbocycles. The van der Waals surface area contributed by atoms with Crippen molar-refractivity contribution in [2.75, 3.05) is 45.7 Å². The Balaban J connectivity index is 1.69. The van der Waals surface area contributed by atoms with Gasteiger partial charge in [-0.3, -0.25) is 4.79 Å². The molecule has 1 fully saturated rings. The summed E-state index contributed by atoms with van der Waals surface area (Å²) in [5.41, 5.74) is 1.70. The van der Waals surface area contributed by atoms with Gasteiger partial charge in [0.2, 0.25) is 5.91 Å². The van der Waals surface area contributed by atoms with Crippen LogP contribution in [0.4, 0.5) is 5.82 Å². The molecule has 1 aromatic carbocycles. The Morgan fingerprint density at radius 1 is 1.18 bits per heavy atom. The third kappa shape index (κ3) is 4.80. The maximum absolute atomic E-state index is 12.0. The van der Waals surface area contributed by atoms with Crippen LogP contribution in [-0.4, -0.2) is 78.2 Å². The molecule has 4 rings (SSSR count). The van der Waals surface area contributed by atoms with Crippen LogP contribution in [0.2, 0.25) is 0 Å². The first kappa shape index (κ1) is 23.0. The van der Waals surface area contributed by atoms with Gasteiger partial charge in [0.25, 0.3) is 0 Å². The molecule has 0 aliphatic carbocycles. The van der Waals surface area contributed by atoms with Crippen LogP contribution in [0, 0.1) is 0 Å². The Bertz CT molecular complexity index is 1070. The second-order valence-corrected chi connectivity index (χ2v) is 8.82. The Labute approximate surface area is 195 Å². The fourth-order valence-corrected chi connectivity index (χ4v) is 4.48. The number of nitrogens with one attached hydrogen (secondary N) is 1. The van der Waals surface area contributed by atoms with E-state index in [-0.39, 0.29) is 5.91 Å². The molecule has 2 aliphatic rings. The molecule has 2 aliphatic heterocycles. The third-order valence-electron chi connectivity index (χ3n) is 6.49. The minimum Gasteiger partial charge on any atom is -0.493 e. The second kappa shape index (κ2) is 9.79. The number of aromatic nitrogens is 2. The molecule has 0 spiro atoms. The number of benzene rings is 1. The van der Waals surface area contributed by atoms with Crippen LogP contribution >= 0.6 is 0 Å². The molecule has 0 atom stereocenters. The summed E-state index contributed by atoms with van der Waals surface area (Å²) in [6.45, 7) is 11.2. The van der Waals surface area contributed by atoms with Gasteiger partial charge in [-0.15, -0.1) is 0 Å². The van der Waals surface area contributed by atoms with Gasteiger partial charge in [0.15, 0.2) is 17.3 Å². The molecule has 1 aromatic heterocycles. The molecule has 0 bridgehead atoms. The van der Waals surface area contributed by atoms with Gasteiger partial charge in [0.05, 0.1) is 19.7 Å². The van der Waals surface area contributed by atoms with Crippen molar-refractivity contribution in [1.82, 2.24) is 19.8 Å². The van der Waals surface area contributed by atoms with Gasteiger partial charge in [-0.25, -0.2) is 9.97 Å². The van der Waals surface area contributed by atoms with Crippen LogP contribution in [0.25, 0.3) is 16.5 Å². The van der Waals surface area contributed by atoms with E-state index in [1.165, 1.54) is 6.08 Å². The van der Waals surface area contributed by atoms with Gasteiger partial charge in [-0.05, 0) is 38.8 Å². The normalized spacial score (nSPS) is 17.4. The monoisotopic (exact) mass is 451 g/mol. The van der Waals surface area contributed by atoms with Gasteiger partial charge in [-0.1, -0.05) is 12.7 Å². The number of amides is 1. The highest BCUT2D eigenvalue weighted by Gasteiger charge is 2.25. The van der Waals surface area contributed by atoms with Crippen molar-refractivity contribution in [3.63, 3.8) is 0 Å². The standard InChI is InChI=1S/C25H33N5O3/c1-6-23(31)30-10-7-17(15-30)24-27-20-14-22(33-5)21(32-4)13-19(20)25(28-24)26-18-8-11-29(12-9-18)16(2)3/h6-7,13-14,16,18H,1,8-12,15H2,2-5H3,(H,26,27,28). The van der Waals surface area contributed by atoms with E-state index in [9.17, 15) is 4.79 Å². The third-order valence-corrected chi connectivity index (χ3v) is 6.49. The van der Waals surface area contributed by atoms with Crippen LogP contribution in [0.3, 0.4) is 0 Å². The molecule has 1 saturated heterocycles. The summed E-state index contributed by atoms with van der Waals surface area (Å²) in [5.74, 6) is 2.57. The number of piperidine rings is 1. The van der Waals surface area contributed by atoms with Crippen molar-refractivity contribution in [1.29, 1.82) is 0 Å². The van der Waals surface area contributed by atoms with E-state index in [0.29, 0.717) is 42.5 Å². The number of ether oxygens (including phenoxy) is 2. The van der Waals surface area contributed by atoms with Crippen molar-refractivity contribution in [3.8, 4) is 11.5 Å². The van der Waals surface area contributed by atoms with Crippen LogP contribution < -0.4 is 14.8 Å². The average Bonchev–Trinajstić information content (AvgIpc) is 3.33. The van der Waals surface area contributed by atoms with Crippen molar-refractivity contribution in [2.24, 2.45) is 0 Å². The summed E-state index contributed by atoms with van der Waals surface area (Å²) < 4.78 is 11.0. The summed E-state index contributed by atoms with van der Waals surface area (Å²) in [5, 5.41) is 4.57. The Hall–Kier alpha value is -3.13. The summed E-state index contributed by atoms with van der Waals surface area (Å²) in [7, 11) is 3.24. The smallest absolute Gasteiger partial charge is 0.246 e. The number of fused-ring (bicyclic) bond motifs is 1. The molecule has 8 heteroatoms. The zero-order valence-electron chi connectivity index (χ0n) is 19.9. The molecule has 2 aromatic rings. The van der Waals surface area contributed by atoms with Gasteiger partial charge < -0.3 is 24.6 Å².